The highest BCUT2D eigenvalue weighted by Crippen LogP contribution is 2.18. The smallest absolute Gasteiger partial charge is 0.221 e. The SMILES string of the molecule is CCCNC(=O)CCNC(C)c1cccc(F)c1F. The van der Waals surface area contributed by atoms with Gasteiger partial charge in [0, 0.05) is 31.1 Å². The number of hydrogen-bond acceptors (Lipinski definition) is 2. The second-order valence-corrected chi connectivity index (χ2v) is 4.42. The Kier molecular flexibility index (Phi) is 6.42. The Labute approximate surface area is 112 Å². The van der Waals surface area contributed by atoms with Crippen LogP contribution in [0.3, 0.4) is 0 Å². The second-order valence-electron chi connectivity index (χ2n) is 4.42. The Morgan fingerprint density at radius 3 is 2.74 bits per heavy atom. The number of nitrogens with one attached hydrogen (secondary N) is 2. The topological polar surface area (TPSA) is 41.1 Å². The van der Waals surface area contributed by atoms with E-state index in [9.17, 15) is 13.6 Å². The van der Waals surface area contributed by atoms with Gasteiger partial charge in [-0.05, 0) is 19.4 Å². The zero-order valence-corrected chi connectivity index (χ0v) is 11.3. The molecule has 0 bridgehead atoms. The fourth-order valence-corrected chi connectivity index (χ4v) is 1.72. The monoisotopic (exact) mass is 270 g/mol. The third-order valence-electron chi connectivity index (χ3n) is 2.82. The average molecular weight is 270 g/mol. The molecule has 0 aromatic heterocycles. The molecule has 3 nitrogen and oxygen atoms in total. The van der Waals surface area contributed by atoms with E-state index < -0.39 is 11.6 Å². The summed E-state index contributed by atoms with van der Waals surface area (Å²) in [6.45, 7) is 4.80. The number of hydrogen-bond donors (Lipinski definition) is 2. The molecule has 0 fully saturated rings. The van der Waals surface area contributed by atoms with Crippen molar-refractivity contribution in [3.8, 4) is 0 Å². The van der Waals surface area contributed by atoms with Crippen molar-refractivity contribution in [1.82, 2.24) is 10.6 Å². The molecule has 5 heteroatoms. The van der Waals surface area contributed by atoms with Gasteiger partial charge in [0.15, 0.2) is 11.6 Å². The van der Waals surface area contributed by atoms with Gasteiger partial charge >= 0.3 is 0 Å². The Hall–Kier alpha value is -1.49. The van der Waals surface area contributed by atoms with Crippen LogP contribution in [0.2, 0.25) is 0 Å². The fourth-order valence-electron chi connectivity index (χ4n) is 1.72. The molecule has 0 aliphatic rings. The van der Waals surface area contributed by atoms with Crippen LogP contribution in [-0.4, -0.2) is 19.0 Å². The minimum absolute atomic E-state index is 0.0405. The van der Waals surface area contributed by atoms with Crippen molar-refractivity contribution in [2.24, 2.45) is 0 Å². The molecule has 0 spiro atoms. The van der Waals surface area contributed by atoms with Gasteiger partial charge < -0.3 is 10.6 Å². The zero-order chi connectivity index (χ0) is 14.3. The van der Waals surface area contributed by atoms with Crippen molar-refractivity contribution in [2.75, 3.05) is 13.1 Å². The highest BCUT2D eigenvalue weighted by molar-refractivity contribution is 5.75. The molecule has 2 N–H and O–H groups in total. The lowest BCUT2D eigenvalue weighted by atomic mass is 10.1. The predicted molar refractivity (Wildman–Crippen MR) is 70.7 cm³/mol. The van der Waals surface area contributed by atoms with Gasteiger partial charge in [-0.3, -0.25) is 4.79 Å². The van der Waals surface area contributed by atoms with E-state index in [2.05, 4.69) is 10.6 Å². The standard InChI is InChI=1S/C14H20F2N2O/c1-3-8-18-13(19)7-9-17-10(2)11-5-4-6-12(15)14(11)16/h4-6,10,17H,3,7-9H2,1-2H3,(H,18,19). The summed E-state index contributed by atoms with van der Waals surface area (Å²) in [6, 6.07) is 3.76. The summed E-state index contributed by atoms with van der Waals surface area (Å²) >= 11 is 0. The van der Waals surface area contributed by atoms with Gasteiger partial charge in [-0.2, -0.15) is 0 Å². The van der Waals surface area contributed by atoms with E-state index in [0.717, 1.165) is 12.5 Å². The van der Waals surface area contributed by atoms with Gasteiger partial charge in [0.2, 0.25) is 5.91 Å². The molecule has 0 saturated heterocycles. The predicted octanol–water partition coefficient (Wildman–Crippen LogP) is 2.53. The molecule has 19 heavy (non-hydrogen) atoms. The third-order valence-corrected chi connectivity index (χ3v) is 2.82. The number of carbonyl (C=O) groups is 1. The van der Waals surface area contributed by atoms with Crippen LogP contribution in [0.15, 0.2) is 18.2 Å². The average Bonchev–Trinajstić information content (AvgIpc) is 2.39. The quantitative estimate of drug-likeness (QED) is 0.799. The summed E-state index contributed by atoms with van der Waals surface area (Å²) in [5, 5.41) is 5.76. The number of amides is 1. The maximum Gasteiger partial charge on any atom is 0.221 e. The molecule has 0 aliphatic heterocycles. The van der Waals surface area contributed by atoms with Crippen molar-refractivity contribution in [1.29, 1.82) is 0 Å². The van der Waals surface area contributed by atoms with Gasteiger partial charge in [0.05, 0.1) is 0 Å². The highest BCUT2D eigenvalue weighted by Gasteiger charge is 2.13. The first-order valence-corrected chi connectivity index (χ1v) is 6.50. The van der Waals surface area contributed by atoms with Gasteiger partial charge in [0.1, 0.15) is 0 Å². The number of rotatable bonds is 7. The number of benzene rings is 1. The lowest BCUT2D eigenvalue weighted by Gasteiger charge is -2.15. The molecule has 0 heterocycles. The molecular formula is C14H20F2N2O. The second kappa shape index (κ2) is 7.84. The summed E-state index contributed by atoms with van der Waals surface area (Å²) < 4.78 is 26.6. The first-order valence-electron chi connectivity index (χ1n) is 6.50. The van der Waals surface area contributed by atoms with E-state index in [1.165, 1.54) is 12.1 Å². The van der Waals surface area contributed by atoms with Crippen LogP contribution in [0.4, 0.5) is 8.78 Å². The largest absolute Gasteiger partial charge is 0.356 e. The molecule has 0 saturated carbocycles. The molecule has 1 unspecified atom stereocenters. The fraction of sp³-hybridized carbons (Fsp3) is 0.500. The highest BCUT2D eigenvalue weighted by atomic mass is 19.2. The Morgan fingerprint density at radius 1 is 1.32 bits per heavy atom. The summed E-state index contributed by atoms with van der Waals surface area (Å²) in [5.74, 6) is -1.73. The van der Waals surface area contributed by atoms with Gasteiger partial charge in [-0.1, -0.05) is 19.1 Å². The van der Waals surface area contributed by atoms with Crippen molar-refractivity contribution in [2.45, 2.75) is 32.7 Å². The van der Waals surface area contributed by atoms with Crippen LogP contribution < -0.4 is 10.6 Å². The maximum absolute atomic E-state index is 13.5. The molecule has 1 atom stereocenters. The van der Waals surface area contributed by atoms with Crippen LogP contribution in [0.25, 0.3) is 0 Å². The minimum atomic E-state index is -0.855. The Bertz CT molecular complexity index is 424. The van der Waals surface area contributed by atoms with Crippen molar-refractivity contribution in [3.05, 3.63) is 35.4 Å². The minimum Gasteiger partial charge on any atom is -0.356 e. The number of halogens is 2. The number of carbonyl (C=O) groups excluding carboxylic acids is 1. The van der Waals surface area contributed by atoms with Crippen LogP contribution in [0.5, 0.6) is 0 Å². The van der Waals surface area contributed by atoms with E-state index in [1.54, 1.807) is 6.92 Å². The molecule has 106 valence electrons. The first-order chi connectivity index (χ1) is 9.06. The van der Waals surface area contributed by atoms with Crippen LogP contribution in [0.1, 0.15) is 38.3 Å². The summed E-state index contributed by atoms with van der Waals surface area (Å²) in [7, 11) is 0. The summed E-state index contributed by atoms with van der Waals surface area (Å²) in [4.78, 5) is 11.4. The Balaban J connectivity index is 2.41. The van der Waals surface area contributed by atoms with Crippen molar-refractivity contribution >= 4 is 5.91 Å². The zero-order valence-electron chi connectivity index (χ0n) is 11.3. The van der Waals surface area contributed by atoms with Crippen LogP contribution >= 0.6 is 0 Å². The molecule has 0 radical (unpaired) electrons. The van der Waals surface area contributed by atoms with Crippen molar-refractivity contribution in [3.63, 3.8) is 0 Å². The van der Waals surface area contributed by atoms with Gasteiger partial charge in [-0.15, -0.1) is 0 Å². The van der Waals surface area contributed by atoms with Crippen LogP contribution in [0, 0.1) is 11.6 Å². The molecule has 1 amide bonds. The first kappa shape index (κ1) is 15.6. The maximum atomic E-state index is 13.5. The van der Waals surface area contributed by atoms with E-state index in [-0.39, 0.29) is 17.5 Å². The summed E-state index contributed by atoms with van der Waals surface area (Å²) in [5.41, 5.74) is 0.272. The lowest BCUT2D eigenvalue weighted by molar-refractivity contribution is -0.121. The van der Waals surface area contributed by atoms with Gasteiger partial charge in [0.25, 0.3) is 0 Å². The third kappa shape index (κ3) is 4.95. The Morgan fingerprint density at radius 2 is 2.05 bits per heavy atom. The van der Waals surface area contributed by atoms with Gasteiger partial charge in [-0.25, -0.2) is 8.78 Å². The van der Waals surface area contributed by atoms with E-state index in [4.69, 9.17) is 0 Å². The molecule has 0 aliphatic carbocycles. The van der Waals surface area contributed by atoms with E-state index in [0.29, 0.717) is 19.5 Å². The molecule has 1 rings (SSSR count). The van der Waals surface area contributed by atoms with E-state index >= 15 is 0 Å². The molecule has 1 aromatic carbocycles. The molecule has 1 aromatic rings. The van der Waals surface area contributed by atoms with Crippen molar-refractivity contribution < 1.29 is 13.6 Å². The molecular weight excluding hydrogens is 250 g/mol. The van der Waals surface area contributed by atoms with E-state index in [1.807, 2.05) is 6.92 Å². The lowest BCUT2D eigenvalue weighted by Crippen LogP contribution is -2.29. The normalized spacial score (nSPS) is 12.2. The van der Waals surface area contributed by atoms with Crippen LogP contribution in [-0.2, 0) is 4.79 Å². The summed E-state index contributed by atoms with van der Waals surface area (Å²) in [6.07, 6.45) is 1.21.